The quantitative estimate of drug-likeness (QED) is 0.750. The molecular formula is C14H12N2O2. The van der Waals surface area contributed by atoms with Gasteiger partial charge in [0, 0.05) is 11.3 Å². The van der Waals surface area contributed by atoms with Crippen molar-refractivity contribution in [1.29, 1.82) is 0 Å². The molecule has 0 fully saturated rings. The first-order valence-electron chi connectivity index (χ1n) is 5.66. The number of ether oxygens (including phenoxy) is 1. The number of rotatable bonds is 1. The van der Waals surface area contributed by atoms with Crippen molar-refractivity contribution in [3.8, 4) is 5.75 Å². The lowest BCUT2D eigenvalue weighted by molar-refractivity contribution is 0.0757. The first-order chi connectivity index (χ1) is 8.75. The van der Waals surface area contributed by atoms with Crippen LogP contribution in [0.3, 0.4) is 0 Å². The molecular weight excluding hydrogens is 228 g/mol. The van der Waals surface area contributed by atoms with Crippen molar-refractivity contribution in [2.24, 2.45) is 0 Å². The summed E-state index contributed by atoms with van der Waals surface area (Å²) < 4.78 is 5.76. The molecule has 1 heterocycles. The minimum atomic E-state index is -0.534. The van der Waals surface area contributed by atoms with Crippen LogP contribution in [0.1, 0.15) is 22.1 Å². The maximum atomic E-state index is 11.9. The highest BCUT2D eigenvalue weighted by Gasteiger charge is 2.27. The number of nitrogens with two attached hydrogens (primary N) is 1. The molecule has 0 aliphatic carbocycles. The Hall–Kier alpha value is -2.49. The number of carbonyl (C=O) groups is 1. The highest BCUT2D eigenvalue weighted by Crippen LogP contribution is 2.30. The Balaban J connectivity index is 2.00. The van der Waals surface area contributed by atoms with E-state index in [0.717, 1.165) is 5.56 Å². The molecule has 3 N–H and O–H groups in total. The maximum absolute atomic E-state index is 11.9. The van der Waals surface area contributed by atoms with E-state index in [0.29, 0.717) is 17.0 Å². The number of hydrogen-bond donors (Lipinski definition) is 2. The molecule has 4 heteroatoms. The van der Waals surface area contributed by atoms with Crippen LogP contribution in [0.4, 0.5) is 5.69 Å². The van der Waals surface area contributed by atoms with Gasteiger partial charge in [0.2, 0.25) is 6.23 Å². The molecule has 0 radical (unpaired) electrons. The summed E-state index contributed by atoms with van der Waals surface area (Å²) in [5, 5.41) is 2.79. The third-order valence-electron chi connectivity index (χ3n) is 2.92. The maximum Gasteiger partial charge on any atom is 0.258 e. The first-order valence-corrected chi connectivity index (χ1v) is 5.66. The minimum absolute atomic E-state index is 0.148. The highest BCUT2D eigenvalue weighted by molar-refractivity contribution is 5.98. The molecule has 0 spiro atoms. The molecule has 3 rings (SSSR count). The van der Waals surface area contributed by atoms with Gasteiger partial charge in [-0.2, -0.15) is 0 Å². The molecule has 4 nitrogen and oxygen atoms in total. The fourth-order valence-electron chi connectivity index (χ4n) is 2.00. The summed E-state index contributed by atoms with van der Waals surface area (Å²) in [6.45, 7) is 0. The predicted molar refractivity (Wildman–Crippen MR) is 68.1 cm³/mol. The van der Waals surface area contributed by atoms with E-state index >= 15 is 0 Å². The van der Waals surface area contributed by atoms with Gasteiger partial charge in [-0.25, -0.2) is 0 Å². The van der Waals surface area contributed by atoms with Crippen LogP contribution in [0.25, 0.3) is 0 Å². The second kappa shape index (κ2) is 4.07. The van der Waals surface area contributed by atoms with E-state index in [1.165, 1.54) is 0 Å². The Bertz CT molecular complexity index is 610. The van der Waals surface area contributed by atoms with Crippen LogP contribution in [-0.4, -0.2) is 5.91 Å². The molecule has 1 atom stereocenters. The third-order valence-corrected chi connectivity index (χ3v) is 2.92. The standard InChI is InChI=1S/C14H12N2O2/c15-11-7-3-1-5-9(11)14-16-13(17)10-6-2-4-8-12(10)18-14/h1-8,14H,15H2,(H,16,17)/t14-/m0/s1. The SMILES string of the molecule is Nc1ccccc1[C@H]1NC(=O)c2ccccc2O1. The van der Waals surface area contributed by atoms with Gasteiger partial charge in [0.05, 0.1) is 5.56 Å². The number of nitrogen functional groups attached to an aromatic ring is 1. The van der Waals surface area contributed by atoms with Crippen molar-refractivity contribution in [2.75, 3.05) is 5.73 Å². The van der Waals surface area contributed by atoms with Crippen LogP contribution in [0.15, 0.2) is 48.5 Å². The van der Waals surface area contributed by atoms with E-state index in [-0.39, 0.29) is 5.91 Å². The van der Waals surface area contributed by atoms with E-state index in [9.17, 15) is 4.79 Å². The highest BCUT2D eigenvalue weighted by atomic mass is 16.5. The number of benzene rings is 2. The average molecular weight is 240 g/mol. The van der Waals surface area contributed by atoms with E-state index in [2.05, 4.69) is 5.32 Å². The molecule has 2 aromatic rings. The topological polar surface area (TPSA) is 64.3 Å². The summed E-state index contributed by atoms with van der Waals surface area (Å²) in [6.07, 6.45) is -0.534. The van der Waals surface area contributed by atoms with E-state index in [1.807, 2.05) is 24.3 Å². The van der Waals surface area contributed by atoms with E-state index < -0.39 is 6.23 Å². The van der Waals surface area contributed by atoms with Crippen molar-refractivity contribution >= 4 is 11.6 Å². The number of para-hydroxylation sites is 2. The molecule has 2 aromatic carbocycles. The van der Waals surface area contributed by atoms with Crippen molar-refractivity contribution < 1.29 is 9.53 Å². The molecule has 18 heavy (non-hydrogen) atoms. The predicted octanol–water partition coefficient (Wildman–Crippen LogP) is 2.09. The van der Waals surface area contributed by atoms with Crippen LogP contribution in [-0.2, 0) is 0 Å². The lowest BCUT2D eigenvalue weighted by atomic mass is 10.1. The van der Waals surface area contributed by atoms with E-state index in [1.54, 1.807) is 24.3 Å². The molecule has 90 valence electrons. The zero-order valence-electron chi connectivity index (χ0n) is 9.59. The average Bonchev–Trinajstić information content (AvgIpc) is 2.39. The third kappa shape index (κ3) is 1.68. The molecule has 1 aliphatic rings. The smallest absolute Gasteiger partial charge is 0.258 e. The number of anilines is 1. The van der Waals surface area contributed by atoms with Crippen LogP contribution in [0.2, 0.25) is 0 Å². The van der Waals surface area contributed by atoms with Gasteiger partial charge in [0.15, 0.2) is 0 Å². The number of carbonyl (C=O) groups excluding carboxylic acids is 1. The number of hydrogen-bond acceptors (Lipinski definition) is 3. The fraction of sp³-hybridized carbons (Fsp3) is 0.0714. The van der Waals surface area contributed by atoms with Crippen molar-refractivity contribution in [2.45, 2.75) is 6.23 Å². The van der Waals surface area contributed by atoms with Crippen LogP contribution >= 0.6 is 0 Å². The second-order valence-corrected chi connectivity index (χ2v) is 4.10. The van der Waals surface area contributed by atoms with Gasteiger partial charge >= 0.3 is 0 Å². The van der Waals surface area contributed by atoms with Crippen molar-refractivity contribution in [3.63, 3.8) is 0 Å². The first kappa shape index (κ1) is 10.7. The second-order valence-electron chi connectivity index (χ2n) is 4.10. The Kier molecular flexibility index (Phi) is 2.41. The van der Waals surface area contributed by atoms with Gasteiger partial charge in [0.25, 0.3) is 5.91 Å². The Labute approximate surface area is 104 Å². The lowest BCUT2D eigenvalue weighted by Crippen LogP contribution is -2.37. The van der Waals surface area contributed by atoms with Crippen LogP contribution < -0.4 is 15.8 Å². The molecule has 1 aliphatic heterocycles. The zero-order valence-corrected chi connectivity index (χ0v) is 9.59. The number of fused-ring (bicyclic) bond motifs is 1. The van der Waals surface area contributed by atoms with Crippen LogP contribution in [0, 0.1) is 0 Å². The van der Waals surface area contributed by atoms with Crippen molar-refractivity contribution in [1.82, 2.24) is 5.32 Å². The monoisotopic (exact) mass is 240 g/mol. The van der Waals surface area contributed by atoms with Gasteiger partial charge in [-0.05, 0) is 18.2 Å². The number of nitrogens with one attached hydrogen (secondary N) is 1. The Morgan fingerprint density at radius 2 is 1.78 bits per heavy atom. The number of amides is 1. The Morgan fingerprint density at radius 1 is 1.06 bits per heavy atom. The van der Waals surface area contributed by atoms with Crippen LogP contribution in [0.5, 0.6) is 5.75 Å². The molecule has 0 saturated carbocycles. The molecule has 1 amide bonds. The summed E-state index contributed by atoms with van der Waals surface area (Å²) in [4.78, 5) is 11.9. The van der Waals surface area contributed by atoms with Gasteiger partial charge in [-0.3, -0.25) is 4.79 Å². The summed E-state index contributed by atoms with van der Waals surface area (Å²) in [5.74, 6) is 0.430. The lowest BCUT2D eigenvalue weighted by Gasteiger charge is -2.27. The molecule has 0 unspecified atom stereocenters. The molecule has 0 saturated heterocycles. The summed E-state index contributed by atoms with van der Waals surface area (Å²) in [7, 11) is 0. The zero-order chi connectivity index (χ0) is 12.5. The van der Waals surface area contributed by atoms with Gasteiger partial charge in [-0.15, -0.1) is 0 Å². The van der Waals surface area contributed by atoms with Gasteiger partial charge < -0.3 is 15.8 Å². The summed E-state index contributed by atoms with van der Waals surface area (Å²) in [6, 6.07) is 14.5. The largest absolute Gasteiger partial charge is 0.465 e. The minimum Gasteiger partial charge on any atom is -0.465 e. The molecule has 0 aromatic heterocycles. The van der Waals surface area contributed by atoms with Gasteiger partial charge in [0.1, 0.15) is 5.75 Å². The fourth-order valence-corrected chi connectivity index (χ4v) is 2.00. The Morgan fingerprint density at radius 3 is 2.61 bits per heavy atom. The van der Waals surface area contributed by atoms with E-state index in [4.69, 9.17) is 10.5 Å². The van der Waals surface area contributed by atoms with Crippen molar-refractivity contribution in [3.05, 3.63) is 59.7 Å². The summed E-state index contributed by atoms with van der Waals surface area (Å²) in [5.41, 5.74) is 7.79. The van der Waals surface area contributed by atoms with Gasteiger partial charge in [-0.1, -0.05) is 30.3 Å². The normalized spacial score (nSPS) is 17.6. The summed E-state index contributed by atoms with van der Waals surface area (Å²) >= 11 is 0. The molecule has 0 bridgehead atoms.